The summed E-state index contributed by atoms with van der Waals surface area (Å²) in [5.74, 6) is 1.21. The molecule has 2 aliphatic heterocycles. The van der Waals surface area contributed by atoms with Crippen LogP contribution in [0.3, 0.4) is 0 Å². The molecule has 0 spiro atoms. The van der Waals surface area contributed by atoms with E-state index in [4.69, 9.17) is 0 Å². The predicted molar refractivity (Wildman–Crippen MR) is 97.6 cm³/mol. The lowest BCUT2D eigenvalue weighted by Gasteiger charge is -2.30. The van der Waals surface area contributed by atoms with Gasteiger partial charge in [0.05, 0.1) is 5.92 Å². The fourth-order valence-corrected chi connectivity index (χ4v) is 3.65. The first-order valence-corrected chi connectivity index (χ1v) is 9.49. The van der Waals surface area contributed by atoms with Gasteiger partial charge in [0, 0.05) is 19.6 Å². The zero-order valence-electron chi connectivity index (χ0n) is 14.9. The van der Waals surface area contributed by atoms with Crippen molar-refractivity contribution in [3.05, 3.63) is 35.4 Å². The molecule has 4 heteroatoms. The predicted octanol–water partition coefficient (Wildman–Crippen LogP) is 2.53. The van der Waals surface area contributed by atoms with E-state index in [1.807, 2.05) is 0 Å². The first kappa shape index (κ1) is 17.4. The van der Waals surface area contributed by atoms with Crippen molar-refractivity contribution in [2.24, 2.45) is 11.8 Å². The molecule has 1 unspecified atom stereocenters. The summed E-state index contributed by atoms with van der Waals surface area (Å²) < 4.78 is 0. The maximum Gasteiger partial charge on any atom is 0.224 e. The Balaban J connectivity index is 1.43. The average Bonchev–Trinajstić information content (AvgIpc) is 2.63. The number of nitrogens with zero attached hydrogens (tertiary/aromatic N) is 1. The number of rotatable bonds is 5. The Morgan fingerprint density at radius 1 is 1.17 bits per heavy atom. The van der Waals surface area contributed by atoms with Crippen molar-refractivity contribution in [3.63, 3.8) is 0 Å². The molecule has 24 heavy (non-hydrogen) atoms. The zero-order valence-corrected chi connectivity index (χ0v) is 14.9. The highest BCUT2D eigenvalue weighted by atomic mass is 16.1. The first-order valence-electron chi connectivity index (χ1n) is 9.49. The number of amides is 1. The van der Waals surface area contributed by atoms with Gasteiger partial charge in [-0.2, -0.15) is 0 Å². The Hall–Kier alpha value is -1.39. The molecule has 1 aromatic carbocycles. The van der Waals surface area contributed by atoms with Gasteiger partial charge >= 0.3 is 0 Å². The molecule has 132 valence electrons. The van der Waals surface area contributed by atoms with Crippen molar-refractivity contribution in [1.29, 1.82) is 0 Å². The molecule has 0 aliphatic carbocycles. The van der Waals surface area contributed by atoms with E-state index in [9.17, 15) is 4.79 Å². The Morgan fingerprint density at radius 2 is 1.88 bits per heavy atom. The molecular weight excluding hydrogens is 298 g/mol. The van der Waals surface area contributed by atoms with E-state index in [0.29, 0.717) is 6.54 Å². The van der Waals surface area contributed by atoms with Crippen LogP contribution in [-0.2, 0) is 17.9 Å². The van der Waals surface area contributed by atoms with E-state index in [-0.39, 0.29) is 11.8 Å². The Kier molecular flexibility index (Phi) is 6.27. The highest BCUT2D eigenvalue weighted by molar-refractivity contribution is 5.78. The molecule has 1 aromatic rings. The quantitative estimate of drug-likeness (QED) is 0.872. The van der Waals surface area contributed by atoms with Crippen LogP contribution in [0.1, 0.15) is 43.7 Å². The van der Waals surface area contributed by atoms with E-state index in [0.717, 1.165) is 38.4 Å². The molecule has 0 bridgehead atoms. The Morgan fingerprint density at radius 3 is 2.54 bits per heavy atom. The van der Waals surface area contributed by atoms with E-state index in [1.54, 1.807) is 0 Å². The number of hydrogen-bond donors (Lipinski definition) is 2. The van der Waals surface area contributed by atoms with Crippen LogP contribution in [-0.4, -0.2) is 37.0 Å². The third kappa shape index (κ3) is 5.05. The molecule has 1 atom stereocenters. The molecule has 2 heterocycles. The first-order chi connectivity index (χ1) is 11.7. The van der Waals surface area contributed by atoms with Crippen molar-refractivity contribution >= 4 is 5.91 Å². The van der Waals surface area contributed by atoms with Crippen LogP contribution in [0.2, 0.25) is 0 Å². The smallest absolute Gasteiger partial charge is 0.224 e. The molecule has 0 radical (unpaired) electrons. The molecule has 2 saturated heterocycles. The highest BCUT2D eigenvalue weighted by Gasteiger charge is 2.20. The second-order valence-electron chi connectivity index (χ2n) is 7.54. The van der Waals surface area contributed by atoms with E-state index < -0.39 is 0 Å². The standard InChI is InChI=1S/C20H31N3O/c1-16-8-11-23(12-9-16)15-18-6-4-17(5-7-18)13-22-20(24)19-3-2-10-21-14-19/h4-7,16,19,21H,2-3,8-15H2,1H3,(H,22,24). The number of carbonyl (C=O) groups excluding carboxylic acids is 1. The van der Waals surface area contributed by atoms with Crippen molar-refractivity contribution in [1.82, 2.24) is 15.5 Å². The second kappa shape index (κ2) is 8.63. The Bertz CT molecular complexity index is 514. The largest absolute Gasteiger partial charge is 0.352 e. The molecule has 0 aromatic heterocycles. The van der Waals surface area contributed by atoms with Gasteiger partial charge in [0.1, 0.15) is 0 Å². The van der Waals surface area contributed by atoms with Crippen LogP contribution >= 0.6 is 0 Å². The number of likely N-dealkylation sites (tertiary alicyclic amines) is 1. The summed E-state index contributed by atoms with van der Waals surface area (Å²) in [7, 11) is 0. The lowest BCUT2D eigenvalue weighted by atomic mass is 9.98. The summed E-state index contributed by atoms with van der Waals surface area (Å²) in [5.41, 5.74) is 2.55. The molecule has 0 saturated carbocycles. The van der Waals surface area contributed by atoms with Gasteiger partial charge in [-0.05, 0) is 62.4 Å². The maximum atomic E-state index is 12.2. The molecule has 2 fully saturated rings. The van der Waals surface area contributed by atoms with Gasteiger partial charge < -0.3 is 10.6 Å². The fourth-order valence-electron chi connectivity index (χ4n) is 3.65. The molecular formula is C20H31N3O. The van der Waals surface area contributed by atoms with Crippen LogP contribution in [0, 0.1) is 11.8 Å². The second-order valence-corrected chi connectivity index (χ2v) is 7.54. The fraction of sp³-hybridized carbons (Fsp3) is 0.650. The van der Waals surface area contributed by atoms with Crippen LogP contribution in [0.4, 0.5) is 0 Å². The van der Waals surface area contributed by atoms with Gasteiger partial charge in [0.25, 0.3) is 0 Å². The minimum Gasteiger partial charge on any atom is -0.352 e. The lowest BCUT2D eigenvalue weighted by Crippen LogP contribution is -2.40. The third-order valence-corrected chi connectivity index (χ3v) is 5.44. The van der Waals surface area contributed by atoms with E-state index in [1.165, 1.54) is 37.1 Å². The molecule has 4 nitrogen and oxygen atoms in total. The summed E-state index contributed by atoms with van der Waals surface area (Å²) in [6, 6.07) is 8.73. The van der Waals surface area contributed by atoms with Crippen LogP contribution in [0.5, 0.6) is 0 Å². The van der Waals surface area contributed by atoms with E-state index >= 15 is 0 Å². The number of carbonyl (C=O) groups is 1. The van der Waals surface area contributed by atoms with Crippen LogP contribution < -0.4 is 10.6 Å². The minimum atomic E-state index is 0.138. The summed E-state index contributed by atoms with van der Waals surface area (Å²) >= 11 is 0. The summed E-state index contributed by atoms with van der Waals surface area (Å²) in [6.07, 6.45) is 4.74. The van der Waals surface area contributed by atoms with Gasteiger partial charge in [-0.3, -0.25) is 9.69 Å². The molecule has 1 amide bonds. The SMILES string of the molecule is CC1CCN(Cc2ccc(CNC(=O)C3CCCNC3)cc2)CC1. The number of piperidine rings is 2. The van der Waals surface area contributed by atoms with E-state index in [2.05, 4.69) is 46.7 Å². The van der Waals surface area contributed by atoms with Crippen LogP contribution in [0.25, 0.3) is 0 Å². The third-order valence-electron chi connectivity index (χ3n) is 5.44. The van der Waals surface area contributed by atoms with Crippen molar-refractivity contribution in [2.75, 3.05) is 26.2 Å². The summed E-state index contributed by atoms with van der Waals surface area (Å²) in [5, 5.41) is 6.38. The van der Waals surface area contributed by atoms with Crippen molar-refractivity contribution < 1.29 is 4.79 Å². The molecule has 2 N–H and O–H groups in total. The van der Waals surface area contributed by atoms with Crippen molar-refractivity contribution in [3.8, 4) is 0 Å². The number of nitrogens with one attached hydrogen (secondary N) is 2. The number of benzene rings is 1. The zero-order chi connectivity index (χ0) is 16.8. The number of hydrogen-bond acceptors (Lipinski definition) is 3. The normalized spacial score (nSPS) is 23.1. The maximum absolute atomic E-state index is 12.2. The monoisotopic (exact) mass is 329 g/mol. The van der Waals surface area contributed by atoms with Crippen LogP contribution in [0.15, 0.2) is 24.3 Å². The average molecular weight is 329 g/mol. The van der Waals surface area contributed by atoms with Crippen molar-refractivity contribution in [2.45, 2.75) is 45.7 Å². The van der Waals surface area contributed by atoms with Gasteiger partial charge in [0.15, 0.2) is 0 Å². The minimum absolute atomic E-state index is 0.138. The Labute approximate surface area is 146 Å². The lowest BCUT2D eigenvalue weighted by molar-refractivity contribution is -0.125. The van der Waals surface area contributed by atoms with Gasteiger partial charge in [-0.1, -0.05) is 31.2 Å². The highest BCUT2D eigenvalue weighted by Crippen LogP contribution is 2.18. The molecule has 2 aliphatic rings. The summed E-state index contributed by atoms with van der Waals surface area (Å²) in [4.78, 5) is 14.7. The summed E-state index contributed by atoms with van der Waals surface area (Å²) in [6.45, 7) is 8.33. The van der Waals surface area contributed by atoms with Gasteiger partial charge in [-0.15, -0.1) is 0 Å². The molecule has 3 rings (SSSR count). The van der Waals surface area contributed by atoms with Gasteiger partial charge in [-0.25, -0.2) is 0 Å². The van der Waals surface area contributed by atoms with Gasteiger partial charge in [0.2, 0.25) is 5.91 Å². The topological polar surface area (TPSA) is 44.4 Å².